The predicted molar refractivity (Wildman–Crippen MR) is 107 cm³/mol. The van der Waals surface area contributed by atoms with E-state index < -0.39 is 17.3 Å². The number of aromatic nitrogens is 4. The van der Waals surface area contributed by atoms with Crippen LogP contribution in [0.15, 0.2) is 71.8 Å². The molecule has 6 nitrogen and oxygen atoms in total. The van der Waals surface area contributed by atoms with Crippen LogP contribution in [0, 0.1) is 18.3 Å². The van der Waals surface area contributed by atoms with Gasteiger partial charge in [0.15, 0.2) is 0 Å². The molecule has 0 N–H and O–H groups in total. The summed E-state index contributed by atoms with van der Waals surface area (Å²) < 4.78 is 42.2. The van der Waals surface area contributed by atoms with E-state index in [1.807, 2.05) is 6.07 Å². The first-order valence-corrected chi connectivity index (χ1v) is 9.11. The summed E-state index contributed by atoms with van der Waals surface area (Å²) in [5.41, 5.74) is 1.14. The Kier molecular flexibility index (Phi) is 4.91. The van der Waals surface area contributed by atoms with Crippen LogP contribution < -0.4 is 5.56 Å². The summed E-state index contributed by atoms with van der Waals surface area (Å²) in [7, 11) is 0. The quantitative estimate of drug-likeness (QED) is 0.495. The Hall–Kier alpha value is -4.19. The topological polar surface area (TPSA) is 76.5 Å². The lowest BCUT2D eigenvalue weighted by molar-refractivity contribution is -0.137. The number of hydrogen-bond donors (Lipinski definition) is 0. The van der Waals surface area contributed by atoms with Crippen LogP contribution in [0.5, 0.6) is 0 Å². The molecule has 0 atom stereocenters. The lowest BCUT2D eigenvalue weighted by Crippen LogP contribution is -2.22. The van der Waals surface area contributed by atoms with Gasteiger partial charge in [-0.25, -0.2) is 9.67 Å². The van der Waals surface area contributed by atoms with Gasteiger partial charge < -0.3 is 0 Å². The third-order valence-electron chi connectivity index (χ3n) is 4.76. The minimum atomic E-state index is -4.53. The molecule has 0 aliphatic heterocycles. The van der Waals surface area contributed by atoms with Gasteiger partial charge in [-0.1, -0.05) is 6.07 Å². The molecule has 0 fully saturated rings. The molecule has 4 rings (SSSR count). The summed E-state index contributed by atoms with van der Waals surface area (Å²) in [6, 6.07) is 15.0. The van der Waals surface area contributed by atoms with E-state index in [-0.39, 0.29) is 5.69 Å². The smallest absolute Gasteiger partial charge is 0.278 e. The number of alkyl halides is 3. The number of benzene rings is 2. The highest BCUT2D eigenvalue weighted by Gasteiger charge is 2.30. The zero-order valence-electron chi connectivity index (χ0n) is 16.1. The van der Waals surface area contributed by atoms with E-state index in [2.05, 4.69) is 10.1 Å². The molecule has 9 heteroatoms. The van der Waals surface area contributed by atoms with E-state index in [1.165, 1.54) is 16.7 Å². The van der Waals surface area contributed by atoms with Crippen molar-refractivity contribution in [3.8, 4) is 28.8 Å². The van der Waals surface area contributed by atoms with Gasteiger partial charge in [-0.15, -0.1) is 0 Å². The van der Waals surface area contributed by atoms with Gasteiger partial charge in [-0.05, 0) is 55.5 Å². The molecule has 0 spiro atoms. The molecule has 154 valence electrons. The van der Waals surface area contributed by atoms with Crippen LogP contribution >= 0.6 is 0 Å². The standard InChI is InChI=1S/C22H14F3N5O/c1-14-21(19-9-10-28-30(19)17-7-5-15(12-26)6-8-17)27-13-20(31)29(14)18-4-2-3-16(11-18)22(23,24)25/h2-11,13H,1H3. The maximum Gasteiger partial charge on any atom is 0.416 e. The van der Waals surface area contributed by atoms with E-state index in [4.69, 9.17) is 5.26 Å². The molecule has 2 aromatic carbocycles. The summed E-state index contributed by atoms with van der Waals surface area (Å²) in [4.78, 5) is 16.7. The summed E-state index contributed by atoms with van der Waals surface area (Å²) in [6.45, 7) is 1.61. The van der Waals surface area contributed by atoms with Crippen molar-refractivity contribution in [3.63, 3.8) is 0 Å². The summed E-state index contributed by atoms with van der Waals surface area (Å²) in [5, 5.41) is 13.3. The lowest BCUT2D eigenvalue weighted by atomic mass is 10.1. The van der Waals surface area contributed by atoms with Crippen LogP contribution in [0.3, 0.4) is 0 Å². The average Bonchev–Trinajstić information content (AvgIpc) is 3.23. The Morgan fingerprint density at radius 2 is 1.77 bits per heavy atom. The molecule has 0 saturated heterocycles. The molecule has 2 aromatic heterocycles. The normalized spacial score (nSPS) is 11.3. The van der Waals surface area contributed by atoms with Crippen molar-refractivity contribution in [2.45, 2.75) is 13.1 Å². The van der Waals surface area contributed by atoms with Crippen molar-refractivity contribution in [2.75, 3.05) is 0 Å². The highest BCUT2D eigenvalue weighted by atomic mass is 19.4. The molecule has 0 aliphatic rings. The van der Waals surface area contributed by atoms with Gasteiger partial charge in [0.25, 0.3) is 5.56 Å². The Labute approximate surface area is 174 Å². The van der Waals surface area contributed by atoms with Crippen molar-refractivity contribution in [1.29, 1.82) is 5.26 Å². The SMILES string of the molecule is Cc1c(-c2ccnn2-c2ccc(C#N)cc2)ncc(=O)n1-c1cccc(C(F)(F)F)c1. The van der Waals surface area contributed by atoms with Gasteiger partial charge >= 0.3 is 6.18 Å². The number of rotatable bonds is 3. The van der Waals surface area contributed by atoms with Gasteiger partial charge in [0, 0.05) is 5.69 Å². The van der Waals surface area contributed by atoms with Crippen LogP contribution in [0.25, 0.3) is 22.8 Å². The molecular formula is C22H14F3N5O. The lowest BCUT2D eigenvalue weighted by Gasteiger charge is -2.16. The van der Waals surface area contributed by atoms with E-state index in [9.17, 15) is 18.0 Å². The molecule has 2 heterocycles. The highest BCUT2D eigenvalue weighted by Crippen LogP contribution is 2.31. The van der Waals surface area contributed by atoms with Crippen molar-refractivity contribution < 1.29 is 13.2 Å². The first kappa shape index (κ1) is 20.1. The minimum Gasteiger partial charge on any atom is -0.278 e. The summed E-state index contributed by atoms with van der Waals surface area (Å²) >= 11 is 0. The van der Waals surface area contributed by atoms with Gasteiger partial charge in [0.2, 0.25) is 0 Å². The Morgan fingerprint density at radius 1 is 1.03 bits per heavy atom. The fraction of sp³-hybridized carbons (Fsp3) is 0.0909. The van der Waals surface area contributed by atoms with Crippen LogP contribution in [-0.2, 0) is 6.18 Å². The van der Waals surface area contributed by atoms with Crippen molar-refractivity contribution >= 4 is 0 Å². The molecule has 31 heavy (non-hydrogen) atoms. The molecule has 4 aromatic rings. The average molecular weight is 421 g/mol. The summed E-state index contributed by atoms with van der Waals surface area (Å²) in [6.07, 6.45) is -1.91. The van der Waals surface area contributed by atoms with Crippen molar-refractivity contribution in [2.24, 2.45) is 0 Å². The largest absolute Gasteiger partial charge is 0.416 e. The third kappa shape index (κ3) is 3.71. The Morgan fingerprint density at radius 3 is 2.45 bits per heavy atom. The Bertz CT molecular complexity index is 1360. The van der Waals surface area contributed by atoms with E-state index in [0.717, 1.165) is 18.3 Å². The van der Waals surface area contributed by atoms with Gasteiger partial charge in [0.1, 0.15) is 5.69 Å². The first-order valence-electron chi connectivity index (χ1n) is 9.11. The van der Waals surface area contributed by atoms with Crippen LogP contribution in [0.2, 0.25) is 0 Å². The van der Waals surface area contributed by atoms with Gasteiger partial charge in [0.05, 0.1) is 46.7 Å². The zero-order chi connectivity index (χ0) is 22.2. The number of nitriles is 1. The molecule has 0 bridgehead atoms. The third-order valence-corrected chi connectivity index (χ3v) is 4.76. The second kappa shape index (κ2) is 7.57. The molecule has 0 amide bonds. The monoisotopic (exact) mass is 421 g/mol. The van der Waals surface area contributed by atoms with E-state index in [0.29, 0.717) is 28.3 Å². The number of halogens is 3. The van der Waals surface area contributed by atoms with Crippen molar-refractivity contribution in [1.82, 2.24) is 19.3 Å². The minimum absolute atomic E-state index is 0.0883. The maximum absolute atomic E-state index is 13.2. The van der Waals surface area contributed by atoms with Gasteiger partial charge in [-0.2, -0.15) is 23.5 Å². The van der Waals surface area contributed by atoms with Gasteiger partial charge in [-0.3, -0.25) is 9.36 Å². The van der Waals surface area contributed by atoms with E-state index in [1.54, 1.807) is 48.1 Å². The van der Waals surface area contributed by atoms with Crippen molar-refractivity contribution in [3.05, 3.63) is 94.2 Å². The zero-order valence-corrected chi connectivity index (χ0v) is 16.1. The Balaban J connectivity index is 1.86. The second-order valence-corrected chi connectivity index (χ2v) is 6.70. The molecule has 0 saturated carbocycles. The summed E-state index contributed by atoms with van der Waals surface area (Å²) in [5.74, 6) is 0. The maximum atomic E-state index is 13.2. The molecular weight excluding hydrogens is 407 g/mol. The second-order valence-electron chi connectivity index (χ2n) is 6.70. The van der Waals surface area contributed by atoms with Crippen LogP contribution in [0.4, 0.5) is 13.2 Å². The molecule has 0 radical (unpaired) electrons. The fourth-order valence-electron chi connectivity index (χ4n) is 3.30. The molecule has 0 unspecified atom stereocenters. The first-order chi connectivity index (χ1) is 14.8. The number of nitrogens with zero attached hydrogens (tertiary/aromatic N) is 5. The predicted octanol–water partition coefficient (Wildman–Crippen LogP) is 4.28. The van der Waals surface area contributed by atoms with Crippen LogP contribution in [0.1, 0.15) is 16.8 Å². The highest BCUT2D eigenvalue weighted by molar-refractivity contribution is 5.61. The number of hydrogen-bond acceptors (Lipinski definition) is 4. The van der Waals surface area contributed by atoms with E-state index >= 15 is 0 Å². The fourth-order valence-corrected chi connectivity index (χ4v) is 3.30. The molecule has 0 aliphatic carbocycles. The van der Waals surface area contributed by atoms with Crippen LogP contribution in [-0.4, -0.2) is 19.3 Å².